The number of hydrogen-bond donors (Lipinski definition) is 2. The number of aromatic nitrogens is 2. The standard InChI is InChI=1S/C14H14N4OS/c15-13(20)12(8-1-2-8)18-14(19)9-3-4-10-11(7-9)17-6-5-16-10/h3-8,12H,1-2H2,(H2,15,20)(H,18,19). The van der Waals surface area contributed by atoms with E-state index >= 15 is 0 Å². The Hall–Kier alpha value is -2.08. The summed E-state index contributed by atoms with van der Waals surface area (Å²) in [6.07, 6.45) is 5.35. The van der Waals surface area contributed by atoms with Gasteiger partial charge in [-0.3, -0.25) is 14.8 Å². The van der Waals surface area contributed by atoms with Crippen molar-refractivity contribution in [3.8, 4) is 0 Å². The number of nitrogens with two attached hydrogens (primary N) is 1. The Balaban J connectivity index is 1.82. The van der Waals surface area contributed by atoms with E-state index < -0.39 is 0 Å². The zero-order chi connectivity index (χ0) is 14.1. The number of nitrogens with one attached hydrogen (secondary N) is 1. The summed E-state index contributed by atoms with van der Waals surface area (Å²) < 4.78 is 0. The van der Waals surface area contributed by atoms with Crippen LogP contribution < -0.4 is 11.1 Å². The van der Waals surface area contributed by atoms with Crippen LogP contribution in [0.5, 0.6) is 0 Å². The minimum absolute atomic E-state index is 0.178. The molecule has 1 unspecified atom stereocenters. The summed E-state index contributed by atoms with van der Waals surface area (Å²) in [5, 5.41) is 2.91. The topological polar surface area (TPSA) is 80.9 Å². The molecule has 1 atom stereocenters. The van der Waals surface area contributed by atoms with Gasteiger partial charge in [0, 0.05) is 18.0 Å². The average molecular weight is 286 g/mol. The van der Waals surface area contributed by atoms with E-state index in [0.29, 0.717) is 22.0 Å². The maximum Gasteiger partial charge on any atom is 0.251 e. The van der Waals surface area contributed by atoms with Gasteiger partial charge in [0.05, 0.1) is 22.1 Å². The number of carbonyl (C=O) groups excluding carboxylic acids is 1. The quantitative estimate of drug-likeness (QED) is 0.831. The fraction of sp³-hybridized carbons (Fsp3) is 0.286. The van der Waals surface area contributed by atoms with E-state index in [0.717, 1.165) is 18.4 Å². The second-order valence-corrected chi connectivity index (χ2v) is 5.42. The molecule has 1 aliphatic carbocycles. The largest absolute Gasteiger partial charge is 0.392 e. The summed E-state index contributed by atoms with van der Waals surface area (Å²) in [6.45, 7) is 0. The molecule has 1 fully saturated rings. The minimum atomic E-state index is -0.213. The molecule has 1 aromatic carbocycles. The lowest BCUT2D eigenvalue weighted by Gasteiger charge is -2.16. The van der Waals surface area contributed by atoms with Crippen molar-refractivity contribution in [1.29, 1.82) is 0 Å². The van der Waals surface area contributed by atoms with Crippen LogP contribution in [0.1, 0.15) is 23.2 Å². The van der Waals surface area contributed by atoms with E-state index in [1.54, 1.807) is 30.6 Å². The molecular formula is C14H14N4OS. The first-order chi connectivity index (χ1) is 9.65. The number of benzene rings is 1. The molecule has 0 bridgehead atoms. The first-order valence-corrected chi connectivity index (χ1v) is 6.87. The highest BCUT2D eigenvalue weighted by molar-refractivity contribution is 7.80. The van der Waals surface area contributed by atoms with Crippen LogP contribution in [0.25, 0.3) is 11.0 Å². The van der Waals surface area contributed by atoms with Crippen LogP contribution in [0.4, 0.5) is 0 Å². The molecule has 1 heterocycles. The van der Waals surface area contributed by atoms with Gasteiger partial charge in [0.25, 0.3) is 5.91 Å². The van der Waals surface area contributed by atoms with Crippen LogP contribution in [-0.4, -0.2) is 26.9 Å². The van der Waals surface area contributed by atoms with Gasteiger partial charge in [0.1, 0.15) is 0 Å². The monoisotopic (exact) mass is 286 g/mol. The van der Waals surface area contributed by atoms with E-state index in [9.17, 15) is 4.79 Å². The SMILES string of the molecule is NC(=S)C(NC(=O)c1ccc2nccnc2c1)C1CC1. The van der Waals surface area contributed by atoms with E-state index in [-0.39, 0.29) is 11.9 Å². The molecule has 1 amide bonds. The fourth-order valence-electron chi connectivity index (χ4n) is 2.18. The smallest absolute Gasteiger partial charge is 0.251 e. The molecule has 1 saturated carbocycles. The lowest BCUT2D eigenvalue weighted by molar-refractivity contribution is 0.0944. The molecule has 3 N–H and O–H groups in total. The van der Waals surface area contributed by atoms with Crippen molar-refractivity contribution >= 4 is 34.1 Å². The highest BCUT2D eigenvalue weighted by Gasteiger charge is 2.34. The number of carbonyl (C=O) groups is 1. The van der Waals surface area contributed by atoms with Crippen molar-refractivity contribution in [3.63, 3.8) is 0 Å². The summed E-state index contributed by atoms with van der Waals surface area (Å²) in [4.78, 5) is 21.0. The minimum Gasteiger partial charge on any atom is -0.392 e. The first kappa shape index (κ1) is 12.9. The third kappa shape index (κ3) is 2.60. The van der Waals surface area contributed by atoms with Gasteiger partial charge in [0.2, 0.25) is 0 Å². The number of nitrogens with zero attached hydrogens (tertiary/aromatic N) is 2. The molecule has 6 heteroatoms. The van der Waals surface area contributed by atoms with Crippen molar-refractivity contribution in [3.05, 3.63) is 36.2 Å². The number of hydrogen-bond acceptors (Lipinski definition) is 4. The summed E-state index contributed by atoms with van der Waals surface area (Å²) in [6, 6.07) is 5.02. The summed E-state index contributed by atoms with van der Waals surface area (Å²) >= 11 is 5.02. The molecule has 0 aliphatic heterocycles. The van der Waals surface area contributed by atoms with Crippen LogP contribution in [0.2, 0.25) is 0 Å². The highest BCUT2D eigenvalue weighted by Crippen LogP contribution is 2.32. The maximum absolute atomic E-state index is 12.3. The molecule has 0 saturated heterocycles. The third-order valence-corrected chi connectivity index (χ3v) is 3.67. The van der Waals surface area contributed by atoms with Crippen LogP contribution in [0.15, 0.2) is 30.6 Å². The predicted octanol–water partition coefficient (Wildman–Crippen LogP) is 1.42. The molecule has 2 aromatic rings. The summed E-state index contributed by atoms with van der Waals surface area (Å²) in [5.74, 6) is 0.207. The lowest BCUT2D eigenvalue weighted by atomic mass is 10.1. The van der Waals surface area contributed by atoms with Gasteiger partial charge in [-0.25, -0.2) is 0 Å². The Labute approximate surface area is 121 Å². The van der Waals surface area contributed by atoms with Gasteiger partial charge in [-0.15, -0.1) is 0 Å². The lowest BCUT2D eigenvalue weighted by Crippen LogP contribution is -2.45. The second-order valence-electron chi connectivity index (χ2n) is 4.95. The van der Waals surface area contributed by atoms with E-state index in [1.165, 1.54) is 0 Å². The van der Waals surface area contributed by atoms with Gasteiger partial charge >= 0.3 is 0 Å². The van der Waals surface area contributed by atoms with Crippen LogP contribution in [-0.2, 0) is 0 Å². The number of rotatable bonds is 4. The zero-order valence-corrected chi connectivity index (χ0v) is 11.6. The summed E-state index contributed by atoms with van der Waals surface area (Å²) in [7, 11) is 0. The number of amides is 1. The van der Waals surface area contributed by atoms with Gasteiger partial charge in [-0.1, -0.05) is 12.2 Å². The van der Waals surface area contributed by atoms with E-state index in [4.69, 9.17) is 18.0 Å². The molecule has 3 rings (SSSR count). The molecule has 0 radical (unpaired) electrons. The highest BCUT2D eigenvalue weighted by atomic mass is 32.1. The number of fused-ring (bicyclic) bond motifs is 1. The molecule has 0 spiro atoms. The van der Waals surface area contributed by atoms with E-state index in [1.807, 2.05) is 0 Å². The fourth-order valence-corrected chi connectivity index (χ4v) is 2.43. The molecule has 5 nitrogen and oxygen atoms in total. The molecule has 102 valence electrons. The van der Waals surface area contributed by atoms with E-state index in [2.05, 4.69) is 15.3 Å². The van der Waals surface area contributed by atoms with Gasteiger partial charge in [-0.2, -0.15) is 0 Å². The second kappa shape index (κ2) is 5.13. The Kier molecular flexibility index (Phi) is 3.31. The summed E-state index contributed by atoms with van der Waals surface area (Å²) in [5.41, 5.74) is 7.68. The predicted molar refractivity (Wildman–Crippen MR) is 80.3 cm³/mol. The Morgan fingerprint density at radius 1 is 1.30 bits per heavy atom. The normalized spacial score (nSPS) is 15.8. The molecule has 1 aromatic heterocycles. The first-order valence-electron chi connectivity index (χ1n) is 6.46. The maximum atomic E-state index is 12.3. The van der Waals surface area contributed by atoms with Crippen molar-refractivity contribution in [2.75, 3.05) is 0 Å². The van der Waals surface area contributed by atoms with Crippen LogP contribution >= 0.6 is 12.2 Å². The average Bonchev–Trinajstić information content (AvgIpc) is 3.28. The van der Waals surface area contributed by atoms with Crippen molar-refractivity contribution in [2.45, 2.75) is 18.9 Å². The Morgan fingerprint density at radius 3 is 2.65 bits per heavy atom. The Bertz CT molecular complexity index is 684. The molecule has 20 heavy (non-hydrogen) atoms. The van der Waals surface area contributed by atoms with Crippen molar-refractivity contribution in [2.24, 2.45) is 11.7 Å². The van der Waals surface area contributed by atoms with Crippen molar-refractivity contribution < 1.29 is 4.79 Å². The zero-order valence-electron chi connectivity index (χ0n) is 10.7. The third-order valence-electron chi connectivity index (χ3n) is 3.42. The van der Waals surface area contributed by atoms with Crippen molar-refractivity contribution in [1.82, 2.24) is 15.3 Å². The van der Waals surface area contributed by atoms with Gasteiger partial charge in [-0.05, 0) is 37.0 Å². The molecular weight excluding hydrogens is 272 g/mol. The number of thiocarbonyl (C=S) groups is 1. The van der Waals surface area contributed by atoms with Gasteiger partial charge < -0.3 is 11.1 Å². The van der Waals surface area contributed by atoms with Crippen LogP contribution in [0, 0.1) is 5.92 Å². The molecule has 1 aliphatic rings. The Morgan fingerprint density at radius 2 is 2.00 bits per heavy atom. The van der Waals surface area contributed by atoms with Crippen LogP contribution in [0.3, 0.4) is 0 Å². The van der Waals surface area contributed by atoms with Gasteiger partial charge in [0.15, 0.2) is 0 Å².